The maximum absolute atomic E-state index is 9.43. The normalized spacial score (nSPS) is 14.6. The number of halogens is 1. The number of nitrogens with one attached hydrogen (secondary N) is 1. The second-order valence-corrected chi connectivity index (χ2v) is 6.16. The molecule has 0 saturated heterocycles. The molecule has 0 aliphatic heterocycles. The van der Waals surface area contributed by atoms with Gasteiger partial charge in [0.15, 0.2) is 0 Å². The molecule has 0 fully saturated rings. The lowest BCUT2D eigenvalue weighted by atomic mass is 10.1. The first-order chi connectivity index (χ1) is 8.09. The zero-order chi connectivity index (χ0) is 12.7. The predicted molar refractivity (Wildman–Crippen MR) is 76.4 cm³/mol. The fourth-order valence-electron chi connectivity index (χ4n) is 1.26. The summed E-state index contributed by atoms with van der Waals surface area (Å²) >= 11 is 5.02. The van der Waals surface area contributed by atoms with Crippen LogP contribution in [0.2, 0.25) is 0 Å². The quantitative estimate of drug-likeness (QED) is 0.759. The van der Waals surface area contributed by atoms with Gasteiger partial charge in [0.2, 0.25) is 0 Å². The topological polar surface area (TPSA) is 45.1 Å². The van der Waals surface area contributed by atoms with E-state index in [1.165, 1.54) is 0 Å². The van der Waals surface area contributed by atoms with E-state index in [9.17, 15) is 5.11 Å². The Morgan fingerprint density at radius 1 is 1.53 bits per heavy atom. The Hall–Kier alpha value is -0.100. The van der Waals surface area contributed by atoms with Gasteiger partial charge in [0, 0.05) is 22.0 Å². The Labute approximate surface area is 116 Å². The zero-order valence-electron chi connectivity index (χ0n) is 10.2. The van der Waals surface area contributed by atoms with E-state index in [1.54, 1.807) is 18.0 Å². The number of pyridine rings is 1. The third-order valence-corrected chi connectivity index (χ3v) is 4.18. The summed E-state index contributed by atoms with van der Waals surface area (Å²) < 4.78 is 0.982. The Morgan fingerprint density at radius 3 is 2.82 bits per heavy atom. The molecule has 17 heavy (non-hydrogen) atoms. The van der Waals surface area contributed by atoms with Gasteiger partial charge in [-0.25, -0.2) is 4.98 Å². The summed E-state index contributed by atoms with van der Waals surface area (Å²) in [5.74, 6) is 0.804. The van der Waals surface area contributed by atoms with Crippen molar-refractivity contribution in [1.29, 1.82) is 0 Å². The average Bonchev–Trinajstić information content (AvgIpc) is 2.36. The number of hydrogen-bond donors (Lipinski definition) is 2. The highest BCUT2D eigenvalue weighted by Crippen LogP contribution is 2.21. The summed E-state index contributed by atoms with van der Waals surface area (Å²) in [6, 6.07) is 3.96. The number of aromatic nitrogens is 1. The van der Waals surface area contributed by atoms with Crippen LogP contribution in [-0.2, 0) is 0 Å². The first-order valence-corrected chi connectivity index (χ1v) is 7.48. The van der Waals surface area contributed by atoms with Crippen molar-refractivity contribution >= 4 is 27.7 Å². The van der Waals surface area contributed by atoms with Crippen LogP contribution in [-0.4, -0.2) is 34.5 Å². The van der Waals surface area contributed by atoms with Crippen LogP contribution in [0.4, 0.5) is 0 Å². The molecule has 0 spiro atoms. The Kier molecular flexibility index (Phi) is 6.48. The van der Waals surface area contributed by atoms with E-state index in [0.29, 0.717) is 0 Å². The summed E-state index contributed by atoms with van der Waals surface area (Å²) in [7, 11) is 0. The van der Waals surface area contributed by atoms with Gasteiger partial charge in [0.05, 0.1) is 11.6 Å². The largest absolute Gasteiger partial charge is 0.394 e. The smallest absolute Gasteiger partial charge is 0.0961 e. The van der Waals surface area contributed by atoms with Crippen LogP contribution in [0.5, 0.6) is 0 Å². The number of hydrogen-bond acceptors (Lipinski definition) is 4. The molecule has 2 N–H and O–H groups in total. The van der Waals surface area contributed by atoms with Crippen LogP contribution >= 0.6 is 27.7 Å². The zero-order valence-corrected chi connectivity index (χ0v) is 12.6. The highest BCUT2D eigenvalue weighted by atomic mass is 79.9. The van der Waals surface area contributed by atoms with E-state index in [1.807, 2.05) is 19.1 Å². The molecule has 3 nitrogen and oxygen atoms in total. The van der Waals surface area contributed by atoms with Gasteiger partial charge in [-0.3, -0.25) is 0 Å². The molecule has 0 aliphatic carbocycles. The van der Waals surface area contributed by atoms with Gasteiger partial charge in [-0.15, -0.1) is 11.8 Å². The monoisotopic (exact) mass is 318 g/mol. The number of rotatable bonds is 7. The van der Waals surface area contributed by atoms with E-state index < -0.39 is 0 Å². The number of nitrogens with zero attached hydrogens (tertiary/aromatic N) is 1. The minimum atomic E-state index is -0.241. The summed E-state index contributed by atoms with van der Waals surface area (Å²) in [6.45, 7) is 5.21. The van der Waals surface area contributed by atoms with Gasteiger partial charge in [0.1, 0.15) is 0 Å². The maximum Gasteiger partial charge on any atom is 0.0961 e. The van der Waals surface area contributed by atoms with Gasteiger partial charge in [-0.05, 0) is 48.0 Å². The van der Waals surface area contributed by atoms with Gasteiger partial charge in [-0.2, -0.15) is 0 Å². The lowest BCUT2D eigenvalue weighted by Crippen LogP contribution is -2.48. The van der Waals surface area contributed by atoms with E-state index in [2.05, 4.69) is 33.2 Å². The van der Waals surface area contributed by atoms with Crippen LogP contribution in [0.3, 0.4) is 0 Å². The molecule has 0 bridgehead atoms. The molecule has 0 amide bonds. The van der Waals surface area contributed by atoms with Gasteiger partial charge in [0.25, 0.3) is 0 Å². The summed E-state index contributed by atoms with van der Waals surface area (Å²) in [6.07, 6.45) is 2.86. The lowest BCUT2D eigenvalue weighted by Gasteiger charge is -2.28. The average molecular weight is 319 g/mol. The Balaban J connectivity index is 2.49. The molecule has 0 aliphatic rings. The predicted octanol–water partition coefficient (Wildman–Crippen LogP) is 2.69. The summed E-state index contributed by atoms with van der Waals surface area (Å²) in [5, 5.41) is 13.8. The van der Waals surface area contributed by atoms with Gasteiger partial charge < -0.3 is 10.4 Å². The third kappa shape index (κ3) is 5.38. The molecule has 96 valence electrons. The molecule has 0 aromatic carbocycles. The first kappa shape index (κ1) is 15.0. The van der Waals surface area contributed by atoms with Crippen molar-refractivity contribution in [3.8, 4) is 0 Å². The van der Waals surface area contributed by atoms with E-state index >= 15 is 0 Å². The molecule has 1 atom stereocenters. The van der Waals surface area contributed by atoms with Crippen LogP contribution in [0, 0.1) is 0 Å². The third-order valence-electron chi connectivity index (χ3n) is 2.39. The number of aliphatic hydroxyl groups excluding tert-OH is 1. The fourth-order valence-corrected chi connectivity index (χ4v) is 2.45. The molecule has 1 rings (SSSR count). The van der Waals surface area contributed by atoms with Crippen LogP contribution in [0.1, 0.15) is 20.3 Å². The second kappa shape index (κ2) is 7.36. The van der Waals surface area contributed by atoms with E-state index in [0.717, 1.165) is 28.2 Å². The fraction of sp³-hybridized carbons (Fsp3) is 0.583. The highest BCUT2D eigenvalue weighted by molar-refractivity contribution is 9.10. The molecular formula is C12H19BrN2OS. The van der Waals surface area contributed by atoms with E-state index in [4.69, 9.17) is 0 Å². The minimum absolute atomic E-state index is 0.135. The van der Waals surface area contributed by atoms with Crippen molar-refractivity contribution in [2.24, 2.45) is 0 Å². The van der Waals surface area contributed by atoms with Crippen molar-refractivity contribution < 1.29 is 5.11 Å². The molecule has 0 saturated carbocycles. The van der Waals surface area contributed by atoms with Crippen LogP contribution in [0.15, 0.2) is 27.8 Å². The van der Waals surface area contributed by atoms with Crippen LogP contribution < -0.4 is 5.32 Å². The molecule has 1 unspecified atom stereocenters. The van der Waals surface area contributed by atoms with Crippen molar-refractivity contribution in [2.75, 3.05) is 18.9 Å². The summed E-state index contributed by atoms with van der Waals surface area (Å²) in [5.41, 5.74) is -0.241. The molecule has 1 aromatic rings. The minimum Gasteiger partial charge on any atom is -0.394 e. The molecule has 1 heterocycles. The lowest BCUT2D eigenvalue weighted by molar-refractivity contribution is 0.192. The Morgan fingerprint density at radius 2 is 2.29 bits per heavy atom. The SMILES string of the molecule is CCCNC(C)(CO)CSc1ccc(Br)cn1. The second-order valence-electron chi connectivity index (χ2n) is 4.25. The number of aliphatic hydroxyl groups is 1. The van der Waals surface area contributed by atoms with Crippen molar-refractivity contribution in [1.82, 2.24) is 10.3 Å². The Bertz CT molecular complexity index is 334. The standard InChI is InChI=1S/C12H19BrN2OS/c1-3-6-15-12(2,8-16)9-17-11-5-4-10(13)7-14-11/h4-5,7,15-16H,3,6,8-9H2,1-2H3. The highest BCUT2D eigenvalue weighted by Gasteiger charge is 2.22. The molecule has 0 radical (unpaired) electrons. The molecule has 1 aromatic heterocycles. The van der Waals surface area contributed by atoms with Gasteiger partial charge >= 0.3 is 0 Å². The molecule has 5 heteroatoms. The van der Waals surface area contributed by atoms with Crippen molar-refractivity contribution in [3.05, 3.63) is 22.8 Å². The molecular weight excluding hydrogens is 300 g/mol. The first-order valence-electron chi connectivity index (χ1n) is 5.70. The van der Waals surface area contributed by atoms with Crippen molar-refractivity contribution in [2.45, 2.75) is 30.8 Å². The van der Waals surface area contributed by atoms with E-state index in [-0.39, 0.29) is 12.1 Å². The number of thioether (sulfide) groups is 1. The summed E-state index contributed by atoms with van der Waals surface area (Å²) in [4.78, 5) is 4.30. The van der Waals surface area contributed by atoms with Crippen molar-refractivity contribution in [3.63, 3.8) is 0 Å². The van der Waals surface area contributed by atoms with Gasteiger partial charge in [-0.1, -0.05) is 6.92 Å². The maximum atomic E-state index is 9.43. The van der Waals surface area contributed by atoms with Crippen LogP contribution in [0.25, 0.3) is 0 Å².